The van der Waals surface area contributed by atoms with Crippen LogP contribution < -0.4 is 10.1 Å². The fourth-order valence-electron chi connectivity index (χ4n) is 3.62. The lowest BCUT2D eigenvalue weighted by atomic mass is 9.99. The minimum Gasteiger partial charge on any atom is -0.497 e. The Kier molecular flexibility index (Phi) is 5.77. The van der Waals surface area contributed by atoms with Crippen LogP contribution in [0.25, 0.3) is 5.57 Å². The summed E-state index contributed by atoms with van der Waals surface area (Å²) in [5.41, 5.74) is 4.33. The molecule has 3 aromatic rings. The minimum absolute atomic E-state index is 0.115. The summed E-state index contributed by atoms with van der Waals surface area (Å²) in [5.74, 6) is -0.596. The van der Waals surface area contributed by atoms with E-state index in [9.17, 15) is 14.0 Å². The van der Waals surface area contributed by atoms with Gasteiger partial charge >= 0.3 is 0 Å². The predicted octanol–water partition coefficient (Wildman–Crippen LogP) is 4.84. The lowest BCUT2D eigenvalue weighted by Gasteiger charge is -2.16. The molecule has 0 aromatic heterocycles. The van der Waals surface area contributed by atoms with Crippen molar-refractivity contribution in [2.75, 3.05) is 12.4 Å². The molecule has 6 heteroatoms. The van der Waals surface area contributed by atoms with E-state index < -0.39 is 17.6 Å². The molecule has 162 valence electrons. The number of imide groups is 1. The number of anilines is 1. The van der Waals surface area contributed by atoms with Crippen molar-refractivity contribution in [2.45, 2.75) is 20.4 Å². The molecular formula is C26H23FN2O3. The van der Waals surface area contributed by atoms with Crippen LogP contribution in [0.1, 0.15) is 22.3 Å². The first-order valence-corrected chi connectivity index (χ1v) is 10.2. The first kappa shape index (κ1) is 21.3. The molecule has 0 saturated carbocycles. The van der Waals surface area contributed by atoms with E-state index in [4.69, 9.17) is 4.74 Å². The maximum atomic E-state index is 13.7. The molecule has 0 atom stereocenters. The minimum atomic E-state index is -0.455. The molecule has 0 spiro atoms. The van der Waals surface area contributed by atoms with E-state index in [1.807, 2.05) is 44.2 Å². The molecule has 5 nitrogen and oxygen atoms in total. The van der Waals surface area contributed by atoms with E-state index in [-0.39, 0.29) is 17.8 Å². The van der Waals surface area contributed by atoms with Gasteiger partial charge in [0.25, 0.3) is 11.8 Å². The Morgan fingerprint density at radius 2 is 1.66 bits per heavy atom. The van der Waals surface area contributed by atoms with Crippen LogP contribution >= 0.6 is 0 Å². The maximum absolute atomic E-state index is 13.7. The fourth-order valence-corrected chi connectivity index (χ4v) is 3.62. The molecule has 1 heterocycles. The van der Waals surface area contributed by atoms with E-state index in [0.717, 1.165) is 16.7 Å². The smallest absolute Gasteiger partial charge is 0.278 e. The average molecular weight is 430 g/mol. The van der Waals surface area contributed by atoms with Crippen LogP contribution in [0.2, 0.25) is 0 Å². The molecule has 1 N–H and O–H groups in total. The second-order valence-corrected chi connectivity index (χ2v) is 7.73. The highest BCUT2D eigenvalue weighted by Gasteiger charge is 2.39. The van der Waals surface area contributed by atoms with Crippen LogP contribution in [0.5, 0.6) is 5.75 Å². The molecule has 0 saturated heterocycles. The number of carbonyl (C=O) groups is 2. The Morgan fingerprint density at radius 1 is 0.906 bits per heavy atom. The summed E-state index contributed by atoms with van der Waals surface area (Å²) in [6.45, 7) is 4.05. The van der Waals surface area contributed by atoms with Gasteiger partial charge in [0.2, 0.25) is 0 Å². The first-order valence-electron chi connectivity index (χ1n) is 10.2. The lowest BCUT2D eigenvalue weighted by molar-refractivity contribution is -0.137. The molecule has 4 rings (SSSR count). The summed E-state index contributed by atoms with van der Waals surface area (Å²) >= 11 is 0. The van der Waals surface area contributed by atoms with E-state index in [0.29, 0.717) is 17.0 Å². The Morgan fingerprint density at radius 3 is 2.31 bits per heavy atom. The molecule has 3 aromatic carbocycles. The fraction of sp³-hybridized carbons (Fsp3) is 0.154. The lowest BCUT2D eigenvalue weighted by Crippen LogP contribution is -2.32. The molecule has 1 aliphatic rings. The monoisotopic (exact) mass is 430 g/mol. The van der Waals surface area contributed by atoms with Crippen LogP contribution in [0.3, 0.4) is 0 Å². The number of aryl methyl sites for hydroxylation is 2. The molecule has 0 bridgehead atoms. The second kappa shape index (κ2) is 8.67. The normalized spacial score (nSPS) is 13.7. The summed E-state index contributed by atoms with van der Waals surface area (Å²) in [6.07, 6.45) is 0. The van der Waals surface area contributed by atoms with Crippen LogP contribution in [-0.4, -0.2) is 23.8 Å². The summed E-state index contributed by atoms with van der Waals surface area (Å²) in [5, 5.41) is 2.99. The van der Waals surface area contributed by atoms with Crippen molar-refractivity contribution in [2.24, 2.45) is 0 Å². The molecule has 0 aliphatic carbocycles. The zero-order valence-corrected chi connectivity index (χ0v) is 18.1. The van der Waals surface area contributed by atoms with Crippen molar-refractivity contribution in [1.29, 1.82) is 0 Å². The van der Waals surface area contributed by atoms with Gasteiger partial charge < -0.3 is 10.1 Å². The predicted molar refractivity (Wildman–Crippen MR) is 121 cm³/mol. The molecule has 0 radical (unpaired) electrons. The zero-order chi connectivity index (χ0) is 22.8. The maximum Gasteiger partial charge on any atom is 0.278 e. The van der Waals surface area contributed by atoms with Gasteiger partial charge in [0.15, 0.2) is 0 Å². The SMILES string of the molecule is COc1ccc(CN2C(=O)C(Nc3cccc(F)c3)=C(c3ccc(C)c(C)c3)C2=O)cc1. The molecule has 0 unspecified atom stereocenters. The second-order valence-electron chi connectivity index (χ2n) is 7.73. The van der Waals surface area contributed by atoms with Crippen molar-refractivity contribution in [1.82, 2.24) is 4.90 Å². The van der Waals surface area contributed by atoms with Gasteiger partial charge in [-0.1, -0.05) is 36.4 Å². The Balaban J connectivity index is 1.74. The highest BCUT2D eigenvalue weighted by atomic mass is 19.1. The number of rotatable bonds is 6. The largest absolute Gasteiger partial charge is 0.497 e. The van der Waals surface area contributed by atoms with Crippen LogP contribution in [0.15, 0.2) is 72.4 Å². The van der Waals surface area contributed by atoms with Gasteiger partial charge in [-0.05, 0) is 66.4 Å². The quantitative estimate of drug-likeness (QED) is 0.569. The third-order valence-corrected chi connectivity index (χ3v) is 5.56. The summed E-state index contributed by atoms with van der Waals surface area (Å²) in [4.78, 5) is 28.0. The van der Waals surface area contributed by atoms with E-state index >= 15 is 0 Å². The molecule has 32 heavy (non-hydrogen) atoms. The number of nitrogens with zero attached hydrogens (tertiary/aromatic N) is 1. The molecule has 0 fully saturated rings. The number of carbonyl (C=O) groups excluding carboxylic acids is 2. The summed E-state index contributed by atoms with van der Waals surface area (Å²) < 4.78 is 18.9. The first-order chi connectivity index (χ1) is 15.4. The van der Waals surface area contributed by atoms with Crippen LogP contribution in [0.4, 0.5) is 10.1 Å². The topological polar surface area (TPSA) is 58.6 Å². The molecule has 1 aliphatic heterocycles. The van der Waals surface area contributed by atoms with Gasteiger partial charge in [-0.15, -0.1) is 0 Å². The number of benzene rings is 3. The van der Waals surface area contributed by atoms with E-state index in [1.54, 1.807) is 31.4 Å². The van der Waals surface area contributed by atoms with Gasteiger partial charge in [0, 0.05) is 5.69 Å². The number of hydrogen-bond acceptors (Lipinski definition) is 4. The van der Waals surface area contributed by atoms with Crippen molar-refractivity contribution < 1.29 is 18.7 Å². The van der Waals surface area contributed by atoms with Crippen molar-refractivity contribution >= 4 is 23.1 Å². The third kappa shape index (κ3) is 4.12. The third-order valence-electron chi connectivity index (χ3n) is 5.56. The number of amides is 2. The number of ether oxygens (including phenoxy) is 1. The van der Waals surface area contributed by atoms with Gasteiger partial charge in [-0.25, -0.2) is 4.39 Å². The van der Waals surface area contributed by atoms with Crippen molar-refractivity contribution in [3.05, 3.63) is 100 Å². The highest BCUT2D eigenvalue weighted by molar-refractivity contribution is 6.36. The van der Waals surface area contributed by atoms with Crippen LogP contribution in [0, 0.1) is 19.7 Å². The standard InChI is InChI=1S/C26H23FN2O3/c1-16-7-10-19(13-17(16)2)23-24(28-21-6-4-5-20(27)14-21)26(31)29(25(23)30)15-18-8-11-22(32-3)12-9-18/h4-14,28H,15H2,1-3H3. The van der Waals surface area contributed by atoms with Crippen molar-refractivity contribution in [3.63, 3.8) is 0 Å². The Hall–Kier alpha value is -3.93. The number of halogens is 1. The summed E-state index contributed by atoms with van der Waals surface area (Å²) in [6, 6.07) is 18.6. The average Bonchev–Trinajstić information content (AvgIpc) is 3.00. The molecule has 2 amide bonds. The van der Waals surface area contributed by atoms with E-state index in [1.165, 1.54) is 17.0 Å². The van der Waals surface area contributed by atoms with E-state index in [2.05, 4.69) is 5.32 Å². The number of methoxy groups -OCH3 is 1. The summed E-state index contributed by atoms with van der Waals surface area (Å²) in [7, 11) is 1.58. The Labute approximate surface area is 186 Å². The molecular weight excluding hydrogens is 407 g/mol. The van der Waals surface area contributed by atoms with Gasteiger partial charge in [0.1, 0.15) is 17.3 Å². The number of nitrogens with one attached hydrogen (secondary N) is 1. The van der Waals surface area contributed by atoms with Gasteiger partial charge in [0.05, 0.1) is 19.2 Å². The zero-order valence-electron chi connectivity index (χ0n) is 18.1. The van der Waals surface area contributed by atoms with Crippen molar-refractivity contribution in [3.8, 4) is 5.75 Å². The highest BCUT2D eigenvalue weighted by Crippen LogP contribution is 2.32. The van der Waals surface area contributed by atoms with Gasteiger partial charge in [-0.2, -0.15) is 0 Å². The number of hydrogen-bond donors (Lipinski definition) is 1. The van der Waals surface area contributed by atoms with Gasteiger partial charge in [-0.3, -0.25) is 14.5 Å². The Bertz CT molecular complexity index is 1230. The van der Waals surface area contributed by atoms with Crippen LogP contribution in [-0.2, 0) is 16.1 Å².